The van der Waals surface area contributed by atoms with Gasteiger partial charge >= 0.3 is 0 Å². The molecule has 0 aromatic carbocycles. The van der Waals surface area contributed by atoms with E-state index in [4.69, 9.17) is 0 Å². The molecule has 4 fully saturated rings. The third kappa shape index (κ3) is 3.38. The molecular formula is C27H42N2O2. The number of rotatable bonds is 3. The molecule has 1 aliphatic heterocycles. The first-order valence-electron chi connectivity index (χ1n) is 13.1. The normalized spacial score (nSPS) is 45.1. The Morgan fingerprint density at radius 1 is 1.03 bits per heavy atom. The van der Waals surface area contributed by atoms with E-state index in [-0.39, 0.29) is 22.7 Å². The molecule has 0 saturated heterocycles. The fourth-order valence-corrected chi connectivity index (χ4v) is 8.93. The van der Waals surface area contributed by atoms with Gasteiger partial charge in [-0.1, -0.05) is 39.2 Å². The van der Waals surface area contributed by atoms with Gasteiger partial charge in [0.15, 0.2) is 0 Å². The van der Waals surface area contributed by atoms with Gasteiger partial charge in [0.25, 0.3) is 0 Å². The van der Waals surface area contributed by atoms with E-state index >= 15 is 0 Å². The Kier molecular flexibility index (Phi) is 5.50. The van der Waals surface area contributed by atoms with Crippen LogP contribution in [-0.4, -0.2) is 36.3 Å². The summed E-state index contributed by atoms with van der Waals surface area (Å²) in [5.41, 5.74) is 0.245. The van der Waals surface area contributed by atoms with Gasteiger partial charge in [0.05, 0.1) is 0 Å². The highest BCUT2D eigenvalue weighted by Gasteiger charge is 2.61. The van der Waals surface area contributed by atoms with Gasteiger partial charge in [-0.2, -0.15) is 0 Å². The molecule has 0 aromatic heterocycles. The Hall–Kier alpha value is -1.32. The standard InChI is InChI=1S/C27H42N2O2/c1-26-15-13-21-19(9-12-23-27(21,2)16-14-24(30)29(23)3)20(26)10-11-22(26)25(31)28-17-18-7-5-4-6-8-18/h14,16,18-23H,4-13,15,17H2,1-3H3,(H,28,31)/t19-,20-,21-,22+,23+,26-,27+/m0/s1. The molecule has 1 heterocycles. The van der Waals surface area contributed by atoms with Gasteiger partial charge in [0, 0.05) is 31.0 Å². The zero-order chi connectivity index (χ0) is 21.8. The maximum Gasteiger partial charge on any atom is 0.246 e. The number of amides is 2. The Morgan fingerprint density at radius 2 is 1.81 bits per heavy atom. The van der Waals surface area contributed by atoms with Gasteiger partial charge < -0.3 is 10.2 Å². The number of nitrogens with zero attached hydrogens (tertiary/aromatic N) is 1. The molecule has 0 aromatic rings. The van der Waals surface area contributed by atoms with Gasteiger partial charge in [-0.05, 0) is 86.5 Å². The van der Waals surface area contributed by atoms with Gasteiger partial charge in [0.1, 0.15) is 0 Å². The number of carbonyl (C=O) groups is 2. The van der Waals surface area contributed by atoms with Gasteiger partial charge in [-0.3, -0.25) is 9.59 Å². The maximum atomic E-state index is 13.3. The van der Waals surface area contributed by atoms with Crippen molar-refractivity contribution in [2.24, 2.45) is 40.4 Å². The Labute approximate surface area is 188 Å². The average molecular weight is 427 g/mol. The van der Waals surface area contributed by atoms with Gasteiger partial charge in [0.2, 0.25) is 11.8 Å². The molecule has 172 valence electrons. The lowest BCUT2D eigenvalue weighted by molar-refractivity contribution is -0.142. The van der Waals surface area contributed by atoms with E-state index in [0.29, 0.717) is 35.6 Å². The Morgan fingerprint density at radius 3 is 2.58 bits per heavy atom. The average Bonchev–Trinajstić information content (AvgIpc) is 3.13. The highest BCUT2D eigenvalue weighted by Crippen LogP contribution is 2.65. The predicted molar refractivity (Wildman–Crippen MR) is 123 cm³/mol. The van der Waals surface area contributed by atoms with Crippen LogP contribution in [0.15, 0.2) is 12.2 Å². The molecular weight excluding hydrogens is 384 g/mol. The molecule has 7 atom stereocenters. The SMILES string of the molecule is CN1C(=O)C=C[C@]2(C)[C@H]3CC[C@]4(C)[C@@H](C(=O)NCC5CCCCC5)CC[C@H]4[C@@H]3CC[C@@H]12. The molecule has 4 aliphatic carbocycles. The smallest absolute Gasteiger partial charge is 0.246 e. The van der Waals surface area contributed by atoms with E-state index in [1.165, 1.54) is 51.4 Å². The van der Waals surface area contributed by atoms with Gasteiger partial charge in [-0.25, -0.2) is 0 Å². The van der Waals surface area contributed by atoms with Crippen LogP contribution in [0.25, 0.3) is 0 Å². The molecule has 5 rings (SSSR count). The maximum absolute atomic E-state index is 13.3. The summed E-state index contributed by atoms with van der Waals surface area (Å²) in [6, 6.07) is 0.339. The summed E-state index contributed by atoms with van der Waals surface area (Å²) >= 11 is 0. The van der Waals surface area contributed by atoms with E-state index in [9.17, 15) is 9.59 Å². The largest absolute Gasteiger partial charge is 0.356 e. The van der Waals surface area contributed by atoms with Crippen molar-refractivity contribution < 1.29 is 9.59 Å². The molecule has 0 radical (unpaired) electrons. The summed E-state index contributed by atoms with van der Waals surface area (Å²) in [6.07, 6.45) is 17.6. The van der Waals surface area contributed by atoms with Crippen LogP contribution in [0, 0.1) is 40.4 Å². The first kappa shape index (κ1) is 21.5. The molecule has 0 unspecified atom stereocenters. The Balaban J connectivity index is 1.30. The fraction of sp³-hybridized carbons (Fsp3) is 0.852. The van der Waals surface area contributed by atoms with Crippen molar-refractivity contribution in [1.82, 2.24) is 10.2 Å². The van der Waals surface area contributed by atoms with Crippen molar-refractivity contribution in [2.75, 3.05) is 13.6 Å². The first-order valence-corrected chi connectivity index (χ1v) is 13.1. The molecule has 2 amide bonds. The van der Waals surface area contributed by atoms with Crippen LogP contribution in [0.1, 0.15) is 84.5 Å². The fourth-order valence-electron chi connectivity index (χ4n) is 8.93. The summed E-state index contributed by atoms with van der Waals surface area (Å²) in [5, 5.41) is 3.39. The topological polar surface area (TPSA) is 49.4 Å². The van der Waals surface area contributed by atoms with Gasteiger partial charge in [-0.15, -0.1) is 0 Å². The van der Waals surface area contributed by atoms with E-state index in [1.807, 2.05) is 18.0 Å². The van der Waals surface area contributed by atoms with Crippen molar-refractivity contribution in [3.05, 3.63) is 12.2 Å². The highest BCUT2D eigenvalue weighted by molar-refractivity contribution is 5.89. The lowest BCUT2D eigenvalue weighted by Gasteiger charge is -2.60. The summed E-state index contributed by atoms with van der Waals surface area (Å²) in [6.45, 7) is 5.74. The number of carbonyl (C=O) groups excluding carboxylic acids is 2. The van der Waals surface area contributed by atoms with Crippen molar-refractivity contribution in [3.63, 3.8) is 0 Å². The Bertz CT molecular complexity index is 756. The van der Waals surface area contributed by atoms with Crippen molar-refractivity contribution in [2.45, 2.75) is 90.5 Å². The van der Waals surface area contributed by atoms with Crippen LogP contribution in [0.2, 0.25) is 0 Å². The zero-order valence-corrected chi connectivity index (χ0v) is 19.9. The lowest BCUT2D eigenvalue weighted by atomic mass is 9.47. The van der Waals surface area contributed by atoms with Crippen LogP contribution >= 0.6 is 0 Å². The van der Waals surface area contributed by atoms with Crippen LogP contribution in [-0.2, 0) is 9.59 Å². The molecule has 31 heavy (non-hydrogen) atoms. The second-order valence-corrected chi connectivity index (χ2v) is 12.0. The third-order valence-corrected chi connectivity index (χ3v) is 10.7. The van der Waals surface area contributed by atoms with Crippen LogP contribution < -0.4 is 5.32 Å². The monoisotopic (exact) mass is 426 g/mol. The first-order chi connectivity index (χ1) is 14.8. The van der Waals surface area contributed by atoms with E-state index < -0.39 is 0 Å². The number of hydrogen-bond acceptors (Lipinski definition) is 2. The van der Waals surface area contributed by atoms with Crippen molar-refractivity contribution in [1.29, 1.82) is 0 Å². The zero-order valence-electron chi connectivity index (χ0n) is 19.9. The summed E-state index contributed by atoms with van der Waals surface area (Å²) < 4.78 is 0. The number of nitrogens with one attached hydrogen (secondary N) is 1. The second-order valence-electron chi connectivity index (χ2n) is 12.0. The molecule has 5 aliphatic rings. The number of hydrogen-bond donors (Lipinski definition) is 1. The molecule has 0 bridgehead atoms. The van der Waals surface area contributed by atoms with E-state index in [0.717, 1.165) is 25.8 Å². The number of fused-ring (bicyclic) bond motifs is 5. The summed E-state index contributed by atoms with van der Waals surface area (Å²) in [7, 11) is 1.99. The molecule has 4 nitrogen and oxygen atoms in total. The molecule has 4 saturated carbocycles. The van der Waals surface area contributed by atoms with Crippen LogP contribution in [0.3, 0.4) is 0 Å². The molecule has 1 N–H and O–H groups in total. The minimum atomic E-state index is 0.0915. The van der Waals surface area contributed by atoms with Crippen molar-refractivity contribution >= 4 is 11.8 Å². The second kappa shape index (κ2) is 7.92. The van der Waals surface area contributed by atoms with Crippen LogP contribution in [0.4, 0.5) is 0 Å². The quantitative estimate of drug-likeness (QED) is 0.695. The predicted octanol–water partition coefficient (Wildman–Crippen LogP) is 4.94. The van der Waals surface area contributed by atoms with Crippen molar-refractivity contribution in [3.8, 4) is 0 Å². The summed E-state index contributed by atoms with van der Waals surface area (Å²) in [4.78, 5) is 27.6. The van der Waals surface area contributed by atoms with Crippen LogP contribution in [0.5, 0.6) is 0 Å². The molecule has 4 heteroatoms. The highest BCUT2D eigenvalue weighted by atomic mass is 16.2. The van der Waals surface area contributed by atoms with E-state index in [2.05, 4.69) is 25.2 Å². The molecule has 0 spiro atoms. The number of likely N-dealkylation sites (N-methyl/N-ethyl adjacent to an activating group) is 1. The third-order valence-electron chi connectivity index (χ3n) is 10.7. The minimum Gasteiger partial charge on any atom is -0.356 e. The minimum absolute atomic E-state index is 0.0915. The summed E-state index contributed by atoms with van der Waals surface area (Å²) in [5.74, 6) is 3.40. The van der Waals surface area contributed by atoms with E-state index in [1.54, 1.807) is 0 Å². The lowest BCUT2D eigenvalue weighted by Crippen LogP contribution is -2.59.